The molecule has 6 heteroatoms. The molecule has 0 heterocycles. The summed E-state index contributed by atoms with van der Waals surface area (Å²) in [5.74, 6) is -1.48. The first-order valence-electron chi connectivity index (χ1n) is 7.17. The van der Waals surface area contributed by atoms with E-state index in [1.165, 1.54) is 36.4 Å². The number of alkyl halides is 3. The number of esters is 1. The van der Waals surface area contributed by atoms with Crippen molar-refractivity contribution in [3.05, 3.63) is 65.3 Å². The number of benzene rings is 1. The predicted octanol–water partition coefficient (Wildman–Crippen LogP) is 4.02. The summed E-state index contributed by atoms with van der Waals surface area (Å²) in [7, 11) is 1.12. The van der Waals surface area contributed by atoms with E-state index in [4.69, 9.17) is 0 Å². The zero-order valence-electron chi connectivity index (χ0n) is 12.9. The van der Waals surface area contributed by atoms with Crippen LogP contribution in [0.15, 0.2) is 59.7 Å². The lowest BCUT2D eigenvalue weighted by Crippen LogP contribution is -2.19. The molecule has 0 bridgehead atoms. The van der Waals surface area contributed by atoms with Gasteiger partial charge in [-0.2, -0.15) is 13.2 Å². The summed E-state index contributed by atoms with van der Waals surface area (Å²) in [6.45, 7) is 0. The molecule has 0 aromatic heterocycles. The lowest BCUT2D eigenvalue weighted by molar-refractivity contribution is -0.142. The molecule has 0 aliphatic heterocycles. The van der Waals surface area contributed by atoms with E-state index in [1.54, 1.807) is 12.1 Å². The van der Waals surface area contributed by atoms with Crippen LogP contribution in [0.3, 0.4) is 0 Å². The highest BCUT2D eigenvalue weighted by atomic mass is 19.4. The minimum absolute atomic E-state index is 0.0212. The van der Waals surface area contributed by atoms with Gasteiger partial charge in [0.2, 0.25) is 0 Å². The summed E-state index contributed by atoms with van der Waals surface area (Å²) in [5.41, 5.74) is -1.13. The molecule has 1 aliphatic carbocycles. The second-order valence-electron chi connectivity index (χ2n) is 5.11. The minimum Gasteiger partial charge on any atom is -0.469 e. The highest BCUT2D eigenvalue weighted by Crippen LogP contribution is 2.41. The van der Waals surface area contributed by atoms with Crippen molar-refractivity contribution in [3.63, 3.8) is 0 Å². The van der Waals surface area contributed by atoms with Crippen LogP contribution in [0.2, 0.25) is 0 Å². The van der Waals surface area contributed by atoms with Gasteiger partial charge < -0.3 is 4.74 Å². The monoisotopic (exact) mass is 336 g/mol. The van der Waals surface area contributed by atoms with Crippen molar-refractivity contribution in [1.82, 2.24) is 0 Å². The Kier molecular flexibility index (Phi) is 5.39. The molecule has 126 valence electrons. The first-order chi connectivity index (χ1) is 11.3. The fraction of sp³-hybridized carbons (Fsp3) is 0.222. The number of carbonyl (C=O) groups is 2. The van der Waals surface area contributed by atoms with Crippen molar-refractivity contribution in [2.75, 3.05) is 7.11 Å². The summed E-state index contributed by atoms with van der Waals surface area (Å²) >= 11 is 0. The molecule has 0 fully saturated rings. The Hall–Kier alpha value is -2.63. The molecule has 0 spiro atoms. The fourth-order valence-electron chi connectivity index (χ4n) is 2.47. The number of hydrogen-bond donors (Lipinski definition) is 0. The van der Waals surface area contributed by atoms with Gasteiger partial charge >= 0.3 is 12.1 Å². The summed E-state index contributed by atoms with van der Waals surface area (Å²) in [6, 6.07) is 7.30. The van der Waals surface area contributed by atoms with Gasteiger partial charge in [0.1, 0.15) is 6.42 Å². The molecule has 0 N–H and O–H groups in total. The van der Waals surface area contributed by atoms with Crippen molar-refractivity contribution < 1.29 is 27.5 Å². The van der Waals surface area contributed by atoms with Crippen LogP contribution in [-0.4, -0.2) is 25.0 Å². The fourth-order valence-corrected chi connectivity index (χ4v) is 2.47. The standard InChI is InChI=1S/C18H15F3O3/c1-24-16(23)11-15(22)13-9-5-6-10-14(13)17(18(19,20)21)12-7-3-2-4-8-12/h2-9H,10-11H2,1H3. The van der Waals surface area contributed by atoms with E-state index in [0.29, 0.717) is 0 Å². The lowest BCUT2D eigenvalue weighted by Gasteiger charge is -2.21. The maximum Gasteiger partial charge on any atom is 0.417 e. The quantitative estimate of drug-likeness (QED) is 0.616. The number of ketones is 1. The molecule has 0 saturated heterocycles. The van der Waals surface area contributed by atoms with Gasteiger partial charge in [0, 0.05) is 5.57 Å². The first kappa shape index (κ1) is 17.7. The maximum atomic E-state index is 13.6. The van der Waals surface area contributed by atoms with E-state index in [0.717, 1.165) is 7.11 Å². The highest BCUT2D eigenvalue weighted by Gasteiger charge is 2.38. The van der Waals surface area contributed by atoms with Crippen LogP contribution in [0.5, 0.6) is 0 Å². The van der Waals surface area contributed by atoms with Gasteiger partial charge in [-0.15, -0.1) is 0 Å². The number of halogens is 3. The molecule has 2 rings (SSSR count). The summed E-state index contributed by atoms with van der Waals surface area (Å²) in [6.07, 6.45) is -0.917. The third-order valence-corrected chi connectivity index (χ3v) is 3.53. The molecule has 3 nitrogen and oxygen atoms in total. The van der Waals surface area contributed by atoms with Crippen LogP contribution in [0, 0.1) is 0 Å². The van der Waals surface area contributed by atoms with E-state index < -0.39 is 29.9 Å². The number of allylic oxidation sites excluding steroid dienone is 6. The topological polar surface area (TPSA) is 43.4 Å². The Morgan fingerprint density at radius 3 is 2.42 bits per heavy atom. The molecule has 0 saturated carbocycles. The smallest absolute Gasteiger partial charge is 0.417 e. The van der Waals surface area contributed by atoms with Crippen molar-refractivity contribution >= 4 is 17.3 Å². The second-order valence-corrected chi connectivity index (χ2v) is 5.11. The zero-order chi connectivity index (χ0) is 17.7. The number of ether oxygens (including phenoxy) is 1. The van der Waals surface area contributed by atoms with Crippen LogP contribution < -0.4 is 0 Å². The average Bonchev–Trinajstić information content (AvgIpc) is 2.55. The van der Waals surface area contributed by atoms with Crippen LogP contribution in [-0.2, 0) is 14.3 Å². The van der Waals surface area contributed by atoms with Gasteiger partial charge in [0.15, 0.2) is 5.78 Å². The van der Waals surface area contributed by atoms with E-state index >= 15 is 0 Å². The SMILES string of the molecule is COC(=O)CC(=O)C1=CC=CCC1=C(c1ccccc1)C(F)(F)F. The number of rotatable bonds is 4. The minimum atomic E-state index is -4.63. The van der Waals surface area contributed by atoms with Gasteiger partial charge in [-0.1, -0.05) is 48.6 Å². The molecule has 1 aromatic carbocycles. The molecular formula is C18H15F3O3. The number of hydrogen-bond acceptors (Lipinski definition) is 3. The van der Waals surface area contributed by atoms with Gasteiger partial charge in [-0.25, -0.2) is 0 Å². The van der Waals surface area contributed by atoms with E-state index in [9.17, 15) is 22.8 Å². The third-order valence-electron chi connectivity index (χ3n) is 3.53. The van der Waals surface area contributed by atoms with Crippen LogP contribution in [0.4, 0.5) is 13.2 Å². The van der Waals surface area contributed by atoms with Crippen molar-refractivity contribution in [2.24, 2.45) is 0 Å². The zero-order valence-corrected chi connectivity index (χ0v) is 12.9. The van der Waals surface area contributed by atoms with E-state index in [2.05, 4.69) is 4.74 Å². The van der Waals surface area contributed by atoms with Crippen LogP contribution in [0.25, 0.3) is 5.57 Å². The lowest BCUT2D eigenvalue weighted by atomic mass is 9.86. The van der Waals surface area contributed by atoms with Crippen LogP contribution >= 0.6 is 0 Å². The number of carbonyl (C=O) groups excluding carboxylic acids is 2. The highest BCUT2D eigenvalue weighted by molar-refractivity contribution is 6.10. The van der Waals surface area contributed by atoms with Crippen LogP contribution in [0.1, 0.15) is 18.4 Å². The normalized spacial score (nSPS) is 16.4. The predicted molar refractivity (Wildman–Crippen MR) is 82.9 cm³/mol. The van der Waals surface area contributed by atoms with Gasteiger partial charge in [0.05, 0.1) is 12.7 Å². The summed E-state index contributed by atoms with van der Waals surface area (Å²) in [5, 5.41) is 0. The molecular weight excluding hydrogens is 321 g/mol. The van der Waals surface area contributed by atoms with Crippen molar-refractivity contribution in [2.45, 2.75) is 19.0 Å². The molecule has 1 aromatic rings. The molecule has 24 heavy (non-hydrogen) atoms. The number of Topliss-reactive ketones (excluding diaryl/α,β-unsaturated/α-hetero) is 1. The second kappa shape index (κ2) is 7.29. The molecule has 0 atom stereocenters. The molecule has 0 amide bonds. The van der Waals surface area contributed by atoms with Gasteiger partial charge in [-0.05, 0) is 17.6 Å². The summed E-state index contributed by atoms with van der Waals surface area (Å²) in [4.78, 5) is 23.5. The Morgan fingerprint density at radius 1 is 1.17 bits per heavy atom. The Bertz CT molecular complexity index is 726. The Labute approximate surface area is 137 Å². The largest absolute Gasteiger partial charge is 0.469 e. The van der Waals surface area contributed by atoms with Gasteiger partial charge in [-0.3, -0.25) is 9.59 Å². The Balaban J connectivity index is 2.56. The van der Waals surface area contributed by atoms with Gasteiger partial charge in [0.25, 0.3) is 0 Å². The number of methoxy groups -OCH3 is 1. The van der Waals surface area contributed by atoms with E-state index in [1.807, 2.05) is 0 Å². The average molecular weight is 336 g/mol. The van der Waals surface area contributed by atoms with Crippen molar-refractivity contribution in [1.29, 1.82) is 0 Å². The Morgan fingerprint density at radius 2 is 1.83 bits per heavy atom. The van der Waals surface area contributed by atoms with E-state index in [-0.39, 0.29) is 23.1 Å². The molecule has 0 unspecified atom stereocenters. The summed E-state index contributed by atoms with van der Waals surface area (Å²) < 4.78 is 45.3. The maximum absolute atomic E-state index is 13.6. The third kappa shape index (κ3) is 4.01. The first-order valence-corrected chi connectivity index (χ1v) is 7.17. The van der Waals surface area contributed by atoms with Crippen molar-refractivity contribution in [3.8, 4) is 0 Å². The molecule has 0 radical (unpaired) electrons. The molecule has 1 aliphatic rings.